The van der Waals surface area contributed by atoms with Crippen LogP contribution in [-0.4, -0.2) is 11.7 Å². The predicted molar refractivity (Wildman–Crippen MR) is 48.1 cm³/mol. The number of hydrogen-bond acceptors (Lipinski definition) is 1. The first-order valence-corrected chi connectivity index (χ1v) is 3.84. The van der Waals surface area contributed by atoms with Crippen LogP contribution in [0.2, 0.25) is 0 Å². The first kappa shape index (κ1) is 10.9. The summed E-state index contributed by atoms with van der Waals surface area (Å²) in [5.41, 5.74) is 0.987. The van der Waals surface area contributed by atoms with Gasteiger partial charge in [0.1, 0.15) is 5.83 Å². The van der Waals surface area contributed by atoms with E-state index in [2.05, 4.69) is 5.92 Å². The molecule has 0 radical (unpaired) electrons. The molecule has 0 heterocycles. The third kappa shape index (κ3) is 4.70. The van der Waals surface area contributed by atoms with Crippen molar-refractivity contribution in [3.63, 3.8) is 0 Å². The number of halogens is 1. The smallest absolute Gasteiger partial charge is 0.122 e. The molecule has 0 rings (SSSR count). The van der Waals surface area contributed by atoms with Crippen LogP contribution in [0.25, 0.3) is 0 Å². The van der Waals surface area contributed by atoms with Crippen LogP contribution < -0.4 is 0 Å². The highest BCUT2D eigenvalue weighted by atomic mass is 19.1. The second kappa shape index (κ2) is 6.63. The van der Waals surface area contributed by atoms with Gasteiger partial charge in [-0.1, -0.05) is 18.4 Å². The van der Waals surface area contributed by atoms with E-state index in [1.165, 1.54) is 6.08 Å². The minimum atomic E-state index is -0.535. The molecule has 0 spiro atoms. The molecular formula is C10H13FO. The summed E-state index contributed by atoms with van der Waals surface area (Å²) in [7, 11) is 0. The molecule has 1 nitrogen and oxygen atoms in total. The van der Waals surface area contributed by atoms with Gasteiger partial charge in [0.05, 0.1) is 6.61 Å². The molecule has 0 saturated carbocycles. The topological polar surface area (TPSA) is 20.2 Å². The summed E-state index contributed by atoms with van der Waals surface area (Å²) in [6, 6.07) is 0. The van der Waals surface area contributed by atoms with Gasteiger partial charge in [0.15, 0.2) is 0 Å². The molecule has 0 bridgehead atoms. The summed E-state index contributed by atoms with van der Waals surface area (Å²) in [5, 5.41) is 8.35. The number of hydrogen-bond donors (Lipinski definition) is 1. The van der Waals surface area contributed by atoms with E-state index < -0.39 is 12.4 Å². The number of terminal acetylenes is 1. The van der Waals surface area contributed by atoms with Crippen LogP contribution in [0.5, 0.6) is 0 Å². The van der Waals surface area contributed by atoms with E-state index in [-0.39, 0.29) is 0 Å². The third-order valence-electron chi connectivity index (χ3n) is 1.48. The van der Waals surface area contributed by atoms with Gasteiger partial charge in [-0.3, -0.25) is 0 Å². The zero-order valence-electron chi connectivity index (χ0n) is 7.18. The largest absolute Gasteiger partial charge is 0.389 e. The van der Waals surface area contributed by atoms with Gasteiger partial charge in [-0.05, 0) is 25.0 Å². The monoisotopic (exact) mass is 168 g/mol. The highest BCUT2D eigenvalue weighted by Gasteiger charge is 1.93. The summed E-state index contributed by atoms with van der Waals surface area (Å²) in [4.78, 5) is 0. The number of aliphatic hydroxyl groups excluding tert-OH is 1. The average molecular weight is 168 g/mol. The number of rotatable bonds is 4. The Morgan fingerprint density at radius 2 is 2.33 bits per heavy atom. The van der Waals surface area contributed by atoms with Gasteiger partial charge in [-0.25, -0.2) is 4.39 Å². The Morgan fingerprint density at radius 1 is 1.67 bits per heavy atom. The first-order chi connectivity index (χ1) is 5.74. The van der Waals surface area contributed by atoms with Crippen molar-refractivity contribution in [2.24, 2.45) is 0 Å². The first-order valence-electron chi connectivity index (χ1n) is 3.84. The van der Waals surface area contributed by atoms with E-state index in [1.807, 2.05) is 6.92 Å². The molecule has 0 unspecified atom stereocenters. The molecule has 0 aromatic rings. The predicted octanol–water partition coefficient (Wildman–Crippen LogP) is 2.19. The van der Waals surface area contributed by atoms with Crippen LogP contribution in [0.3, 0.4) is 0 Å². The summed E-state index contributed by atoms with van der Waals surface area (Å²) >= 11 is 0. The molecule has 0 amide bonds. The standard InChI is InChI=1S/C10H13FO/c1-3-5-9(4-2)6-7-10(11)8-12/h1,5,7,12H,4,6,8H2,2H3/b9-5-,10-7+. The van der Waals surface area contributed by atoms with E-state index in [0.29, 0.717) is 6.42 Å². The molecule has 66 valence electrons. The lowest BCUT2D eigenvalue weighted by atomic mass is 10.1. The van der Waals surface area contributed by atoms with Crippen LogP contribution in [0.4, 0.5) is 4.39 Å². The quantitative estimate of drug-likeness (QED) is 0.638. The molecule has 1 N–H and O–H groups in total. The minimum Gasteiger partial charge on any atom is -0.389 e. The second-order valence-electron chi connectivity index (χ2n) is 2.34. The van der Waals surface area contributed by atoms with Gasteiger partial charge in [0, 0.05) is 0 Å². The fourth-order valence-corrected chi connectivity index (χ4v) is 0.730. The van der Waals surface area contributed by atoms with Gasteiger partial charge in [0.25, 0.3) is 0 Å². The lowest BCUT2D eigenvalue weighted by Gasteiger charge is -1.97. The third-order valence-corrected chi connectivity index (χ3v) is 1.48. The molecule has 0 aromatic carbocycles. The molecule has 0 atom stereocenters. The van der Waals surface area contributed by atoms with E-state index in [1.54, 1.807) is 6.08 Å². The van der Waals surface area contributed by atoms with Gasteiger partial charge in [0.2, 0.25) is 0 Å². The highest BCUT2D eigenvalue weighted by Crippen LogP contribution is 2.09. The summed E-state index contributed by atoms with van der Waals surface area (Å²) < 4.78 is 12.4. The molecule has 0 saturated heterocycles. The normalized spacial score (nSPS) is 12.8. The Morgan fingerprint density at radius 3 is 2.75 bits per heavy atom. The fourth-order valence-electron chi connectivity index (χ4n) is 0.730. The van der Waals surface area contributed by atoms with Crippen LogP contribution in [0.1, 0.15) is 19.8 Å². The van der Waals surface area contributed by atoms with Crippen LogP contribution >= 0.6 is 0 Å². The van der Waals surface area contributed by atoms with Crippen molar-refractivity contribution < 1.29 is 9.50 Å². The van der Waals surface area contributed by atoms with Crippen LogP contribution in [-0.2, 0) is 0 Å². The van der Waals surface area contributed by atoms with E-state index >= 15 is 0 Å². The zero-order valence-corrected chi connectivity index (χ0v) is 7.18. The SMILES string of the molecule is C#C/C=C(/CC)C/C=C(/F)CO. The Kier molecular flexibility index (Phi) is 6.04. The Bertz CT molecular complexity index is 220. The number of allylic oxidation sites excluding steroid dienone is 3. The van der Waals surface area contributed by atoms with Crippen molar-refractivity contribution in [2.45, 2.75) is 19.8 Å². The van der Waals surface area contributed by atoms with Gasteiger partial charge >= 0.3 is 0 Å². The van der Waals surface area contributed by atoms with Crippen molar-refractivity contribution in [2.75, 3.05) is 6.61 Å². The van der Waals surface area contributed by atoms with Gasteiger partial charge < -0.3 is 5.11 Å². The molecule has 0 aromatic heterocycles. The van der Waals surface area contributed by atoms with Gasteiger partial charge in [-0.2, -0.15) is 0 Å². The van der Waals surface area contributed by atoms with Crippen molar-refractivity contribution in [1.29, 1.82) is 0 Å². The van der Waals surface area contributed by atoms with Gasteiger partial charge in [-0.15, -0.1) is 6.42 Å². The molecule has 0 aliphatic carbocycles. The van der Waals surface area contributed by atoms with E-state index in [4.69, 9.17) is 11.5 Å². The average Bonchev–Trinajstić information content (AvgIpc) is 2.11. The maximum Gasteiger partial charge on any atom is 0.122 e. The molecule has 0 aliphatic heterocycles. The fraction of sp³-hybridized carbons (Fsp3) is 0.400. The van der Waals surface area contributed by atoms with Crippen LogP contribution in [0, 0.1) is 12.3 Å². The van der Waals surface area contributed by atoms with Crippen LogP contribution in [0.15, 0.2) is 23.6 Å². The van der Waals surface area contributed by atoms with Crippen molar-refractivity contribution >= 4 is 0 Å². The van der Waals surface area contributed by atoms with E-state index in [9.17, 15) is 4.39 Å². The van der Waals surface area contributed by atoms with Crippen molar-refractivity contribution in [3.05, 3.63) is 23.6 Å². The molecule has 12 heavy (non-hydrogen) atoms. The van der Waals surface area contributed by atoms with Crippen molar-refractivity contribution in [3.8, 4) is 12.3 Å². The second-order valence-corrected chi connectivity index (χ2v) is 2.34. The highest BCUT2D eigenvalue weighted by molar-refractivity contribution is 5.19. The van der Waals surface area contributed by atoms with E-state index in [0.717, 1.165) is 12.0 Å². The maximum atomic E-state index is 12.4. The summed E-state index contributed by atoms with van der Waals surface area (Å²) in [6.45, 7) is 1.42. The minimum absolute atomic E-state index is 0.479. The Labute approximate surface area is 72.6 Å². The lowest BCUT2D eigenvalue weighted by molar-refractivity contribution is 0.297. The summed E-state index contributed by atoms with van der Waals surface area (Å²) in [5.74, 6) is 1.88. The molecular weight excluding hydrogens is 155 g/mol. The summed E-state index contributed by atoms with van der Waals surface area (Å²) in [6.07, 6.45) is 9.30. The van der Waals surface area contributed by atoms with Crippen molar-refractivity contribution in [1.82, 2.24) is 0 Å². The lowest BCUT2D eigenvalue weighted by Crippen LogP contribution is -1.84. The Hall–Kier alpha value is -1.07. The molecule has 2 heteroatoms. The Balaban J connectivity index is 4.07. The molecule has 0 aliphatic rings. The zero-order chi connectivity index (χ0) is 9.40. The molecule has 0 fully saturated rings. The number of aliphatic hydroxyl groups is 1. The maximum absolute atomic E-state index is 12.4.